The van der Waals surface area contributed by atoms with E-state index in [1.54, 1.807) is 0 Å². The van der Waals surface area contributed by atoms with E-state index in [2.05, 4.69) is 39.0 Å². The summed E-state index contributed by atoms with van der Waals surface area (Å²) in [4.78, 5) is 22.9. The molecule has 1 aliphatic rings. The van der Waals surface area contributed by atoms with Gasteiger partial charge in [0.2, 0.25) is 5.91 Å². The molecule has 0 aliphatic carbocycles. The number of amides is 1. The van der Waals surface area contributed by atoms with Crippen molar-refractivity contribution in [2.45, 2.75) is 58.8 Å². The number of aromatic nitrogens is 3. The minimum atomic E-state index is -0.0301. The second kappa shape index (κ2) is 8.25. The molecule has 2 aromatic rings. The maximum atomic E-state index is 11.1. The Morgan fingerprint density at radius 2 is 2.28 bits per heavy atom. The Hall–Kier alpha value is -2.21. The maximum Gasteiger partial charge on any atom is 0.217 e. The molecule has 1 fully saturated rings. The molecule has 6 heteroatoms. The first-order valence-corrected chi connectivity index (χ1v) is 9.11. The van der Waals surface area contributed by atoms with E-state index in [-0.39, 0.29) is 5.91 Å². The van der Waals surface area contributed by atoms with Crippen molar-refractivity contribution in [3.63, 3.8) is 0 Å². The first-order chi connectivity index (χ1) is 12.2. The predicted octanol–water partition coefficient (Wildman–Crippen LogP) is 2.66. The molecule has 0 bridgehead atoms. The molecule has 0 saturated carbocycles. The van der Waals surface area contributed by atoms with Gasteiger partial charge in [-0.3, -0.25) is 14.7 Å². The highest BCUT2D eigenvalue weighted by Gasteiger charge is 2.28. The third-order valence-corrected chi connectivity index (χ3v) is 4.66. The molecule has 25 heavy (non-hydrogen) atoms. The topological polar surface area (TPSA) is 63.1 Å². The molecule has 1 atom stereocenters. The Kier molecular flexibility index (Phi) is 5.81. The Morgan fingerprint density at radius 3 is 3.08 bits per heavy atom. The molecular formula is C19H27N5O. The van der Waals surface area contributed by atoms with Gasteiger partial charge in [0.05, 0.1) is 30.5 Å². The Balaban J connectivity index is 1.72. The molecule has 3 heterocycles. The van der Waals surface area contributed by atoms with Gasteiger partial charge in [0.1, 0.15) is 5.82 Å². The zero-order valence-electron chi connectivity index (χ0n) is 15.1. The molecule has 3 rings (SSSR count). The average Bonchev–Trinajstić information content (AvgIpc) is 3.24. The van der Waals surface area contributed by atoms with Crippen molar-refractivity contribution < 1.29 is 4.79 Å². The average molecular weight is 341 g/mol. The lowest BCUT2D eigenvalue weighted by Gasteiger charge is -2.24. The minimum Gasteiger partial charge on any atom is -0.351 e. The van der Waals surface area contributed by atoms with E-state index >= 15 is 0 Å². The smallest absolute Gasteiger partial charge is 0.217 e. The van der Waals surface area contributed by atoms with Crippen molar-refractivity contribution in [1.82, 2.24) is 24.8 Å². The van der Waals surface area contributed by atoms with Gasteiger partial charge < -0.3 is 9.88 Å². The molecule has 0 aromatic carbocycles. The molecule has 0 radical (unpaired) electrons. The zero-order chi connectivity index (χ0) is 17.6. The van der Waals surface area contributed by atoms with Gasteiger partial charge in [0.25, 0.3) is 0 Å². The van der Waals surface area contributed by atoms with Crippen molar-refractivity contribution in [2.24, 2.45) is 0 Å². The summed E-state index contributed by atoms with van der Waals surface area (Å²) in [6.45, 7) is 7.14. The molecular weight excluding hydrogens is 314 g/mol. The molecule has 0 spiro atoms. The molecule has 1 amide bonds. The van der Waals surface area contributed by atoms with E-state index in [0.29, 0.717) is 12.6 Å². The number of nitrogens with zero attached hydrogens (tertiary/aromatic N) is 4. The highest BCUT2D eigenvalue weighted by Crippen LogP contribution is 2.32. The van der Waals surface area contributed by atoms with E-state index < -0.39 is 0 Å². The minimum absolute atomic E-state index is 0.0301. The summed E-state index contributed by atoms with van der Waals surface area (Å²) >= 11 is 0. The number of imidazole rings is 1. The van der Waals surface area contributed by atoms with Crippen LogP contribution in [0.15, 0.2) is 30.6 Å². The highest BCUT2D eigenvalue weighted by atomic mass is 16.1. The van der Waals surface area contributed by atoms with Crippen LogP contribution >= 0.6 is 0 Å². The molecule has 6 nitrogen and oxygen atoms in total. The summed E-state index contributed by atoms with van der Waals surface area (Å²) < 4.78 is 2.25. The largest absolute Gasteiger partial charge is 0.351 e. The van der Waals surface area contributed by atoms with Gasteiger partial charge in [-0.15, -0.1) is 0 Å². The van der Waals surface area contributed by atoms with Gasteiger partial charge >= 0.3 is 0 Å². The fourth-order valence-corrected chi connectivity index (χ4v) is 3.47. The third kappa shape index (κ3) is 4.45. The molecule has 2 aromatic heterocycles. The van der Waals surface area contributed by atoms with Crippen molar-refractivity contribution >= 4 is 5.91 Å². The van der Waals surface area contributed by atoms with Crippen molar-refractivity contribution in [1.29, 1.82) is 0 Å². The van der Waals surface area contributed by atoms with Gasteiger partial charge in [0, 0.05) is 25.9 Å². The lowest BCUT2D eigenvalue weighted by Crippen LogP contribution is -2.26. The van der Waals surface area contributed by atoms with Crippen molar-refractivity contribution in [3.8, 4) is 0 Å². The number of hydrogen-bond donors (Lipinski definition) is 1. The zero-order valence-corrected chi connectivity index (χ0v) is 15.1. The van der Waals surface area contributed by atoms with Crippen LogP contribution < -0.4 is 5.32 Å². The fraction of sp³-hybridized carbons (Fsp3) is 0.526. The fourth-order valence-electron chi connectivity index (χ4n) is 3.47. The van der Waals surface area contributed by atoms with Crippen LogP contribution in [-0.2, 0) is 24.4 Å². The number of aryl methyl sites for hydroxylation is 1. The number of nitrogens with one attached hydrogen (secondary N) is 1. The first kappa shape index (κ1) is 17.6. The van der Waals surface area contributed by atoms with E-state index in [1.165, 1.54) is 13.3 Å². The number of hydrogen-bond acceptors (Lipinski definition) is 4. The summed E-state index contributed by atoms with van der Waals surface area (Å²) in [5.74, 6) is 1.10. The Labute approximate surface area is 149 Å². The quantitative estimate of drug-likeness (QED) is 0.841. The van der Waals surface area contributed by atoms with Crippen LogP contribution in [0.3, 0.4) is 0 Å². The highest BCUT2D eigenvalue weighted by molar-refractivity contribution is 5.72. The van der Waals surface area contributed by atoms with Gasteiger partial charge in [-0.2, -0.15) is 0 Å². The lowest BCUT2D eigenvalue weighted by molar-refractivity contribution is -0.119. The van der Waals surface area contributed by atoms with Crippen LogP contribution in [0.5, 0.6) is 0 Å². The SMILES string of the molecule is CCCn1ccnc1CN1CCCC1c1cccc(CNC(C)=O)n1. The molecule has 1 saturated heterocycles. The monoisotopic (exact) mass is 341 g/mol. The van der Waals surface area contributed by atoms with Crippen molar-refractivity contribution in [3.05, 3.63) is 47.8 Å². The molecule has 1 aliphatic heterocycles. The van der Waals surface area contributed by atoms with Gasteiger partial charge in [-0.25, -0.2) is 4.98 Å². The molecule has 134 valence electrons. The van der Waals surface area contributed by atoms with E-state index in [1.807, 2.05) is 18.3 Å². The Bertz CT molecular complexity index is 711. The normalized spacial score (nSPS) is 17.8. The van der Waals surface area contributed by atoms with Gasteiger partial charge in [0.15, 0.2) is 0 Å². The maximum absolute atomic E-state index is 11.1. The third-order valence-electron chi connectivity index (χ3n) is 4.66. The number of carbonyl (C=O) groups is 1. The van der Waals surface area contributed by atoms with Gasteiger partial charge in [-0.05, 0) is 37.9 Å². The summed E-state index contributed by atoms with van der Waals surface area (Å²) in [6.07, 6.45) is 7.36. The molecule has 1 unspecified atom stereocenters. The van der Waals surface area contributed by atoms with E-state index in [4.69, 9.17) is 4.98 Å². The van der Waals surface area contributed by atoms with Crippen LogP contribution in [0.1, 0.15) is 56.4 Å². The van der Waals surface area contributed by atoms with Crippen LogP contribution in [0, 0.1) is 0 Å². The Morgan fingerprint density at radius 1 is 1.40 bits per heavy atom. The summed E-state index contributed by atoms with van der Waals surface area (Å²) in [7, 11) is 0. The van der Waals surface area contributed by atoms with Crippen molar-refractivity contribution in [2.75, 3.05) is 6.54 Å². The van der Waals surface area contributed by atoms with E-state index in [0.717, 1.165) is 49.7 Å². The number of pyridine rings is 1. The van der Waals surface area contributed by atoms with Crippen LogP contribution in [0.2, 0.25) is 0 Å². The predicted molar refractivity (Wildman–Crippen MR) is 96.7 cm³/mol. The molecule has 1 N–H and O–H groups in total. The lowest BCUT2D eigenvalue weighted by atomic mass is 10.1. The first-order valence-electron chi connectivity index (χ1n) is 9.11. The van der Waals surface area contributed by atoms with Gasteiger partial charge in [-0.1, -0.05) is 13.0 Å². The second-order valence-corrected chi connectivity index (χ2v) is 6.63. The summed E-state index contributed by atoms with van der Waals surface area (Å²) in [5.41, 5.74) is 2.00. The van der Waals surface area contributed by atoms with Crippen LogP contribution in [0.4, 0.5) is 0 Å². The number of rotatable bonds is 7. The van der Waals surface area contributed by atoms with Crippen LogP contribution in [0.25, 0.3) is 0 Å². The van der Waals surface area contributed by atoms with Crippen LogP contribution in [-0.4, -0.2) is 31.9 Å². The summed E-state index contributed by atoms with van der Waals surface area (Å²) in [6, 6.07) is 6.42. The number of carbonyl (C=O) groups excluding carboxylic acids is 1. The second-order valence-electron chi connectivity index (χ2n) is 6.63. The summed E-state index contributed by atoms with van der Waals surface area (Å²) in [5, 5.41) is 2.82. The standard InChI is InChI=1S/C19H27N5O/c1-3-10-23-12-9-20-19(23)14-24-11-5-8-18(24)17-7-4-6-16(22-17)13-21-15(2)25/h4,6-7,9,12,18H,3,5,8,10-11,13-14H2,1-2H3,(H,21,25). The number of likely N-dealkylation sites (tertiary alicyclic amines) is 1. The van der Waals surface area contributed by atoms with E-state index in [9.17, 15) is 4.79 Å².